The molecule has 6 heteroatoms. The van der Waals surface area contributed by atoms with Crippen molar-refractivity contribution in [2.24, 2.45) is 5.92 Å². The Labute approximate surface area is 150 Å². The maximum absolute atomic E-state index is 13.8. The van der Waals surface area contributed by atoms with Gasteiger partial charge in [0, 0.05) is 13.1 Å². The van der Waals surface area contributed by atoms with Crippen molar-refractivity contribution in [2.75, 3.05) is 13.1 Å². The average molecular weight is 350 g/mol. The van der Waals surface area contributed by atoms with E-state index in [4.69, 9.17) is 0 Å². The Bertz CT molecular complexity index is 938. The van der Waals surface area contributed by atoms with Gasteiger partial charge in [-0.3, -0.25) is 4.79 Å². The Morgan fingerprint density at radius 2 is 1.69 bits per heavy atom. The van der Waals surface area contributed by atoms with Gasteiger partial charge in [-0.2, -0.15) is 0 Å². The number of likely N-dealkylation sites (tertiary alicyclic amines) is 1. The second kappa shape index (κ2) is 7.15. The predicted molar refractivity (Wildman–Crippen MR) is 96.1 cm³/mol. The number of benzene rings is 2. The zero-order valence-corrected chi connectivity index (χ0v) is 14.3. The number of halogens is 1. The van der Waals surface area contributed by atoms with Crippen LogP contribution >= 0.6 is 0 Å². The Hall–Kier alpha value is -2.89. The summed E-state index contributed by atoms with van der Waals surface area (Å²) < 4.78 is 13.8. The summed E-state index contributed by atoms with van der Waals surface area (Å²) in [6.45, 7) is 1.27. The predicted octanol–water partition coefficient (Wildman–Crippen LogP) is 3.26. The van der Waals surface area contributed by atoms with Crippen LogP contribution in [-0.2, 0) is 6.42 Å². The Kier molecular flexibility index (Phi) is 4.56. The first kappa shape index (κ1) is 16.6. The molecule has 1 aliphatic rings. The SMILES string of the molecule is O=C(c1nnc2ccccc2n1)N1CCC(Cc2ccccc2F)CC1. The lowest BCUT2D eigenvalue weighted by atomic mass is 9.90. The Balaban J connectivity index is 1.40. The molecule has 3 aromatic rings. The van der Waals surface area contributed by atoms with Crippen molar-refractivity contribution in [1.29, 1.82) is 0 Å². The van der Waals surface area contributed by atoms with Crippen LogP contribution < -0.4 is 0 Å². The molecule has 0 atom stereocenters. The van der Waals surface area contributed by atoms with Crippen molar-refractivity contribution in [3.05, 3.63) is 65.7 Å². The fraction of sp³-hybridized carbons (Fsp3) is 0.300. The highest BCUT2D eigenvalue weighted by Crippen LogP contribution is 2.23. The van der Waals surface area contributed by atoms with E-state index >= 15 is 0 Å². The fourth-order valence-corrected chi connectivity index (χ4v) is 3.43. The Morgan fingerprint density at radius 1 is 1.00 bits per heavy atom. The molecule has 1 aromatic heterocycles. The molecule has 0 aliphatic carbocycles. The van der Waals surface area contributed by atoms with Crippen LogP contribution in [0.1, 0.15) is 29.0 Å². The molecule has 2 heterocycles. The normalized spacial score (nSPS) is 15.3. The molecule has 2 aromatic carbocycles. The smallest absolute Gasteiger partial charge is 0.293 e. The first-order valence-electron chi connectivity index (χ1n) is 8.83. The highest BCUT2D eigenvalue weighted by atomic mass is 19.1. The zero-order valence-electron chi connectivity index (χ0n) is 14.3. The summed E-state index contributed by atoms with van der Waals surface area (Å²) in [5.74, 6) is 0.178. The van der Waals surface area contributed by atoms with Gasteiger partial charge in [0.05, 0.1) is 5.52 Å². The summed E-state index contributed by atoms with van der Waals surface area (Å²) >= 11 is 0. The van der Waals surface area contributed by atoms with Gasteiger partial charge in [-0.05, 0) is 48.9 Å². The van der Waals surface area contributed by atoms with Crippen LogP contribution in [0.15, 0.2) is 48.5 Å². The first-order valence-corrected chi connectivity index (χ1v) is 8.83. The van der Waals surface area contributed by atoms with Crippen molar-refractivity contribution in [2.45, 2.75) is 19.3 Å². The van der Waals surface area contributed by atoms with Crippen molar-refractivity contribution in [1.82, 2.24) is 20.1 Å². The largest absolute Gasteiger partial charge is 0.336 e. The quantitative estimate of drug-likeness (QED) is 0.727. The third kappa shape index (κ3) is 3.40. The summed E-state index contributed by atoms with van der Waals surface area (Å²) in [5.41, 5.74) is 2.09. The Morgan fingerprint density at radius 3 is 2.46 bits per heavy atom. The lowest BCUT2D eigenvalue weighted by Crippen LogP contribution is -2.39. The van der Waals surface area contributed by atoms with E-state index in [2.05, 4.69) is 15.2 Å². The molecule has 1 saturated heterocycles. The molecule has 5 nitrogen and oxygen atoms in total. The number of para-hydroxylation sites is 1. The van der Waals surface area contributed by atoms with E-state index in [-0.39, 0.29) is 17.5 Å². The van der Waals surface area contributed by atoms with Crippen LogP contribution in [0.3, 0.4) is 0 Å². The average Bonchev–Trinajstić information content (AvgIpc) is 2.69. The standard InChI is InChI=1S/C20H19FN4O/c21-16-6-2-1-5-15(16)13-14-9-11-25(12-10-14)20(26)19-22-17-7-3-4-8-18(17)23-24-19/h1-8,14H,9-13H2. The first-order chi connectivity index (χ1) is 12.7. The molecule has 0 saturated carbocycles. The number of rotatable bonds is 3. The summed E-state index contributed by atoms with van der Waals surface area (Å²) in [6, 6.07) is 14.3. The van der Waals surface area contributed by atoms with Gasteiger partial charge in [-0.25, -0.2) is 9.37 Å². The van der Waals surface area contributed by atoms with Gasteiger partial charge in [0.25, 0.3) is 5.91 Å². The highest BCUT2D eigenvalue weighted by Gasteiger charge is 2.26. The van der Waals surface area contributed by atoms with Gasteiger partial charge in [0.1, 0.15) is 11.3 Å². The van der Waals surface area contributed by atoms with E-state index in [0.29, 0.717) is 36.5 Å². The van der Waals surface area contributed by atoms with E-state index in [1.807, 2.05) is 36.4 Å². The molecule has 4 rings (SSSR count). The molecule has 0 N–H and O–H groups in total. The maximum atomic E-state index is 13.8. The second-order valence-corrected chi connectivity index (χ2v) is 6.66. The van der Waals surface area contributed by atoms with Crippen molar-refractivity contribution in [3.8, 4) is 0 Å². The molecule has 132 valence electrons. The number of aromatic nitrogens is 3. The topological polar surface area (TPSA) is 59.0 Å². The highest BCUT2D eigenvalue weighted by molar-refractivity contribution is 5.91. The minimum absolute atomic E-state index is 0.135. The zero-order chi connectivity index (χ0) is 17.9. The molecule has 1 amide bonds. The van der Waals surface area contributed by atoms with E-state index < -0.39 is 0 Å². The van der Waals surface area contributed by atoms with E-state index in [1.165, 1.54) is 6.07 Å². The number of carbonyl (C=O) groups is 1. The molecule has 0 radical (unpaired) electrons. The minimum atomic E-state index is -0.187. The van der Waals surface area contributed by atoms with E-state index in [0.717, 1.165) is 18.4 Å². The number of piperidine rings is 1. The number of hydrogen-bond acceptors (Lipinski definition) is 4. The van der Waals surface area contributed by atoms with Crippen LogP contribution in [0.2, 0.25) is 0 Å². The van der Waals surface area contributed by atoms with Crippen LogP contribution in [0.25, 0.3) is 11.0 Å². The van der Waals surface area contributed by atoms with Crippen molar-refractivity contribution >= 4 is 16.9 Å². The van der Waals surface area contributed by atoms with E-state index in [1.54, 1.807) is 11.0 Å². The third-order valence-corrected chi connectivity index (χ3v) is 4.92. The molecule has 0 unspecified atom stereocenters. The van der Waals surface area contributed by atoms with Crippen molar-refractivity contribution < 1.29 is 9.18 Å². The number of fused-ring (bicyclic) bond motifs is 1. The monoisotopic (exact) mass is 350 g/mol. The van der Waals surface area contributed by atoms with Gasteiger partial charge in [0.2, 0.25) is 5.82 Å². The number of amides is 1. The second-order valence-electron chi connectivity index (χ2n) is 6.66. The number of nitrogens with zero attached hydrogens (tertiary/aromatic N) is 4. The molecular weight excluding hydrogens is 331 g/mol. The van der Waals surface area contributed by atoms with Crippen LogP contribution in [0.4, 0.5) is 4.39 Å². The molecule has 1 fully saturated rings. The summed E-state index contributed by atoms with van der Waals surface area (Å²) in [6.07, 6.45) is 2.41. The lowest BCUT2D eigenvalue weighted by molar-refractivity contribution is 0.0677. The van der Waals surface area contributed by atoms with Gasteiger partial charge >= 0.3 is 0 Å². The van der Waals surface area contributed by atoms with Gasteiger partial charge in [-0.15, -0.1) is 10.2 Å². The van der Waals surface area contributed by atoms with Crippen molar-refractivity contribution in [3.63, 3.8) is 0 Å². The van der Waals surface area contributed by atoms with E-state index in [9.17, 15) is 9.18 Å². The maximum Gasteiger partial charge on any atom is 0.293 e. The van der Waals surface area contributed by atoms with Crippen LogP contribution in [0, 0.1) is 11.7 Å². The van der Waals surface area contributed by atoms with Gasteiger partial charge in [-0.1, -0.05) is 30.3 Å². The third-order valence-electron chi connectivity index (χ3n) is 4.92. The van der Waals surface area contributed by atoms with Crippen LogP contribution in [0.5, 0.6) is 0 Å². The minimum Gasteiger partial charge on any atom is -0.336 e. The van der Waals surface area contributed by atoms with Crippen LogP contribution in [-0.4, -0.2) is 39.1 Å². The molecule has 0 spiro atoms. The fourth-order valence-electron chi connectivity index (χ4n) is 3.43. The summed E-state index contributed by atoms with van der Waals surface area (Å²) in [4.78, 5) is 18.8. The van der Waals surface area contributed by atoms with Gasteiger partial charge < -0.3 is 4.90 Å². The number of carbonyl (C=O) groups excluding carboxylic acids is 1. The summed E-state index contributed by atoms with van der Waals surface area (Å²) in [5, 5.41) is 8.05. The lowest BCUT2D eigenvalue weighted by Gasteiger charge is -2.31. The molecule has 26 heavy (non-hydrogen) atoms. The van der Waals surface area contributed by atoms with Gasteiger partial charge in [0.15, 0.2) is 0 Å². The molecule has 0 bridgehead atoms. The molecular formula is C20H19FN4O. The molecule has 1 aliphatic heterocycles. The number of hydrogen-bond donors (Lipinski definition) is 0. The summed E-state index contributed by atoms with van der Waals surface area (Å²) in [7, 11) is 0.